The van der Waals surface area contributed by atoms with Crippen LogP contribution in [0.4, 0.5) is 18.9 Å². The number of hydrogen-bond acceptors (Lipinski definition) is 7. The van der Waals surface area contributed by atoms with E-state index in [2.05, 4.69) is 30.3 Å². The fourth-order valence-corrected chi connectivity index (χ4v) is 4.26. The van der Waals surface area contributed by atoms with Crippen LogP contribution in [0, 0.1) is 20.8 Å². The molecular weight excluding hydrogens is 493 g/mol. The van der Waals surface area contributed by atoms with Gasteiger partial charge in [-0.3, -0.25) is 4.79 Å². The van der Waals surface area contributed by atoms with Gasteiger partial charge in [-0.1, -0.05) is 34.7 Å². The van der Waals surface area contributed by atoms with E-state index in [4.69, 9.17) is 0 Å². The Morgan fingerprint density at radius 3 is 2.25 bits per heavy atom. The largest absolute Gasteiger partial charge is 0.573 e. The van der Waals surface area contributed by atoms with Gasteiger partial charge >= 0.3 is 6.36 Å². The molecule has 4 aromatic rings. The molecule has 0 aliphatic heterocycles. The van der Waals surface area contributed by atoms with Crippen molar-refractivity contribution in [2.45, 2.75) is 38.0 Å². The summed E-state index contributed by atoms with van der Waals surface area (Å²) in [6.45, 7) is 5.71. The number of aryl methyl sites for hydroxylation is 3. The number of benzene rings is 2. The number of nitrogens with one attached hydrogen (secondary N) is 1. The second-order valence-electron chi connectivity index (χ2n) is 7.88. The van der Waals surface area contributed by atoms with Crippen LogP contribution in [0.15, 0.2) is 59.8 Å². The number of alkyl halides is 3. The second kappa shape index (κ2) is 10.4. The van der Waals surface area contributed by atoms with Gasteiger partial charge in [0, 0.05) is 22.8 Å². The third-order valence-electron chi connectivity index (χ3n) is 4.90. The maximum atomic E-state index is 13.1. The van der Waals surface area contributed by atoms with Crippen molar-refractivity contribution in [1.29, 1.82) is 0 Å². The highest BCUT2D eigenvalue weighted by molar-refractivity contribution is 7.98. The van der Waals surface area contributed by atoms with E-state index in [1.54, 1.807) is 4.68 Å². The van der Waals surface area contributed by atoms with Gasteiger partial charge in [0.1, 0.15) is 5.75 Å². The molecule has 0 saturated heterocycles. The standard InChI is InChI=1S/C24H21F3N6O2S/c1-14-4-8-18(9-5-14)33-20(13-36-23-28-15(2)12-16(3)29-23)21(31-32-33)22(34)30-17-6-10-19(11-7-17)35-24(25,26)27/h4-12H,13H2,1-3H3,(H,30,34). The first-order valence-corrected chi connectivity index (χ1v) is 11.7. The van der Waals surface area contributed by atoms with E-state index in [1.165, 1.54) is 23.9 Å². The van der Waals surface area contributed by atoms with Crippen LogP contribution in [0.5, 0.6) is 5.75 Å². The number of thioether (sulfide) groups is 1. The monoisotopic (exact) mass is 514 g/mol. The van der Waals surface area contributed by atoms with Gasteiger partial charge < -0.3 is 10.1 Å². The molecule has 0 atom stereocenters. The molecule has 2 aromatic heterocycles. The Labute approximate surface area is 208 Å². The van der Waals surface area contributed by atoms with E-state index < -0.39 is 18.0 Å². The number of hydrogen-bond donors (Lipinski definition) is 1. The molecule has 0 spiro atoms. The number of carbonyl (C=O) groups excluding carboxylic acids is 1. The van der Waals surface area contributed by atoms with Crippen molar-refractivity contribution in [3.8, 4) is 11.4 Å². The number of halogens is 3. The van der Waals surface area contributed by atoms with Gasteiger partial charge in [0.2, 0.25) is 0 Å². The molecule has 2 heterocycles. The zero-order chi connectivity index (χ0) is 25.9. The Kier molecular flexibility index (Phi) is 7.25. The van der Waals surface area contributed by atoms with Crippen molar-refractivity contribution in [3.63, 3.8) is 0 Å². The highest BCUT2D eigenvalue weighted by Gasteiger charge is 2.31. The summed E-state index contributed by atoms with van der Waals surface area (Å²) < 4.78 is 42.6. The molecule has 0 fully saturated rings. The summed E-state index contributed by atoms with van der Waals surface area (Å²) in [5.41, 5.74) is 4.30. The molecule has 1 amide bonds. The SMILES string of the molecule is Cc1ccc(-n2nnc(C(=O)Nc3ccc(OC(F)(F)F)cc3)c2CSc2nc(C)cc(C)n2)cc1. The Morgan fingerprint density at radius 2 is 1.64 bits per heavy atom. The van der Waals surface area contributed by atoms with Crippen LogP contribution >= 0.6 is 11.8 Å². The molecule has 186 valence electrons. The summed E-state index contributed by atoms with van der Waals surface area (Å²) in [7, 11) is 0. The van der Waals surface area contributed by atoms with Gasteiger partial charge in [0.25, 0.3) is 5.91 Å². The predicted molar refractivity (Wildman–Crippen MR) is 128 cm³/mol. The number of nitrogens with zero attached hydrogens (tertiary/aromatic N) is 5. The molecule has 1 N–H and O–H groups in total. The van der Waals surface area contributed by atoms with Gasteiger partial charge in [-0.15, -0.1) is 18.3 Å². The minimum atomic E-state index is -4.80. The minimum Gasteiger partial charge on any atom is -0.406 e. The molecule has 0 aliphatic carbocycles. The van der Waals surface area contributed by atoms with Crippen LogP contribution in [0.25, 0.3) is 5.69 Å². The van der Waals surface area contributed by atoms with Gasteiger partial charge in [0.05, 0.1) is 11.4 Å². The lowest BCUT2D eigenvalue weighted by molar-refractivity contribution is -0.274. The van der Waals surface area contributed by atoms with Crippen LogP contribution in [0.2, 0.25) is 0 Å². The van der Waals surface area contributed by atoms with E-state index in [0.717, 1.165) is 34.8 Å². The van der Waals surface area contributed by atoms with Crippen LogP contribution in [-0.2, 0) is 5.75 Å². The lowest BCUT2D eigenvalue weighted by Gasteiger charge is -2.10. The van der Waals surface area contributed by atoms with Crippen molar-refractivity contribution in [2.24, 2.45) is 0 Å². The molecule has 0 bridgehead atoms. The van der Waals surface area contributed by atoms with E-state index in [0.29, 0.717) is 16.6 Å². The maximum absolute atomic E-state index is 13.1. The van der Waals surface area contributed by atoms with Gasteiger partial charge in [-0.25, -0.2) is 14.6 Å². The van der Waals surface area contributed by atoms with Gasteiger partial charge in [-0.2, -0.15) is 0 Å². The molecule has 2 aromatic carbocycles. The summed E-state index contributed by atoms with van der Waals surface area (Å²) in [5.74, 6) is -0.656. The Hall–Kier alpha value is -3.93. The zero-order valence-electron chi connectivity index (χ0n) is 19.5. The van der Waals surface area contributed by atoms with Crippen molar-refractivity contribution in [2.75, 3.05) is 5.32 Å². The molecular formula is C24H21F3N6O2S. The molecule has 36 heavy (non-hydrogen) atoms. The fraction of sp³-hybridized carbons (Fsp3) is 0.208. The lowest BCUT2D eigenvalue weighted by Crippen LogP contribution is -2.17. The smallest absolute Gasteiger partial charge is 0.406 e. The third-order valence-corrected chi connectivity index (χ3v) is 5.76. The number of amides is 1. The number of carbonyl (C=O) groups is 1. The topological polar surface area (TPSA) is 94.8 Å². The lowest BCUT2D eigenvalue weighted by atomic mass is 10.2. The van der Waals surface area contributed by atoms with E-state index in [9.17, 15) is 18.0 Å². The minimum absolute atomic E-state index is 0.0723. The Balaban J connectivity index is 1.60. The van der Waals surface area contributed by atoms with Crippen molar-refractivity contribution < 1.29 is 22.7 Å². The fourth-order valence-electron chi connectivity index (χ4n) is 3.32. The van der Waals surface area contributed by atoms with Crippen molar-refractivity contribution >= 4 is 23.4 Å². The predicted octanol–water partition coefficient (Wildman–Crippen LogP) is 5.43. The number of aromatic nitrogens is 5. The highest BCUT2D eigenvalue weighted by atomic mass is 32.2. The third kappa shape index (κ3) is 6.39. The molecule has 4 rings (SSSR count). The summed E-state index contributed by atoms with van der Waals surface area (Å²) in [5, 5.41) is 11.5. The first-order valence-electron chi connectivity index (χ1n) is 10.7. The van der Waals surface area contributed by atoms with Crippen LogP contribution in [0.3, 0.4) is 0 Å². The van der Waals surface area contributed by atoms with Crippen molar-refractivity contribution in [3.05, 3.63) is 82.9 Å². The van der Waals surface area contributed by atoms with Crippen molar-refractivity contribution in [1.82, 2.24) is 25.0 Å². The van der Waals surface area contributed by atoms with Gasteiger partial charge in [0.15, 0.2) is 10.9 Å². The number of rotatable bonds is 7. The van der Waals surface area contributed by atoms with E-state index in [-0.39, 0.29) is 11.4 Å². The number of ether oxygens (including phenoxy) is 1. The molecule has 0 aliphatic rings. The number of anilines is 1. The maximum Gasteiger partial charge on any atom is 0.573 e. The Morgan fingerprint density at radius 1 is 1.00 bits per heavy atom. The normalized spacial score (nSPS) is 11.4. The average molecular weight is 515 g/mol. The first kappa shape index (κ1) is 25.2. The molecule has 12 heteroatoms. The van der Waals surface area contributed by atoms with Crippen LogP contribution < -0.4 is 10.1 Å². The molecule has 0 saturated carbocycles. The van der Waals surface area contributed by atoms with E-state index in [1.807, 2.05) is 51.1 Å². The summed E-state index contributed by atoms with van der Waals surface area (Å²) in [6.07, 6.45) is -4.80. The first-order chi connectivity index (χ1) is 17.1. The van der Waals surface area contributed by atoms with E-state index >= 15 is 0 Å². The quantitative estimate of drug-likeness (QED) is 0.260. The van der Waals surface area contributed by atoms with Gasteiger partial charge in [-0.05, 0) is 63.2 Å². The Bertz CT molecular complexity index is 1350. The molecule has 0 unspecified atom stereocenters. The second-order valence-corrected chi connectivity index (χ2v) is 8.82. The highest BCUT2D eigenvalue weighted by Crippen LogP contribution is 2.26. The van der Waals surface area contributed by atoms with Crippen LogP contribution in [0.1, 0.15) is 33.1 Å². The average Bonchev–Trinajstić information content (AvgIpc) is 3.22. The summed E-state index contributed by atoms with van der Waals surface area (Å²) >= 11 is 1.34. The van der Waals surface area contributed by atoms with Crippen LogP contribution in [-0.4, -0.2) is 37.2 Å². The molecule has 8 nitrogen and oxygen atoms in total. The summed E-state index contributed by atoms with van der Waals surface area (Å²) in [4.78, 5) is 22.0. The summed E-state index contributed by atoms with van der Waals surface area (Å²) in [6, 6.07) is 14.3. The zero-order valence-corrected chi connectivity index (χ0v) is 20.3. The molecule has 0 radical (unpaired) electrons.